The van der Waals surface area contributed by atoms with Crippen molar-refractivity contribution in [1.82, 2.24) is 0 Å². The van der Waals surface area contributed by atoms with Crippen LogP contribution in [-0.2, 0) is 6.42 Å². The number of para-hydroxylation sites is 1. The van der Waals surface area contributed by atoms with Crippen molar-refractivity contribution in [2.45, 2.75) is 33.2 Å². The number of aryl methyl sites for hydroxylation is 2. The number of anilines is 1. The van der Waals surface area contributed by atoms with Gasteiger partial charge in [-0.3, -0.25) is 0 Å². The minimum Gasteiger partial charge on any atom is -0.459 e. The molecular formula is C19H21NO. The van der Waals surface area contributed by atoms with E-state index in [9.17, 15) is 0 Å². The molecule has 0 fully saturated rings. The Kier molecular flexibility index (Phi) is 3.70. The second-order valence-electron chi connectivity index (χ2n) is 5.51. The van der Waals surface area contributed by atoms with Gasteiger partial charge in [0.2, 0.25) is 0 Å². The van der Waals surface area contributed by atoms with Crippen LogP contribution in [0.1, 0.15) is 36.8 Å². The number of furan rings is 1. The second kappa shape index (κ2) is 5.65. The van der Waals surface area contributed by atoms with Crippen LogP contribution in [0.25, 0.3) is 11.0 Å². The van der Waals surface area contributed by atoms with Crippen molar-refractivity contribution in [3.63, 3.8) is 0 Å². The summed E-state index contributed by atoms with van der Waals surface area (Å²) in [5, 5.41) is 4.74. The first-order chi connectivity index (χ1) is 10.2. The molecule has 0 saturated carbocycles. The Balaban J connectivity index is 1.89. The molecule has 1 heterocycles. The van der Waals surface area contributed by atoms with Crippen LogP contribution in [0.5, 0.6) is 0 Å². The highest BCUT2D eigenvalue weighted by atomic mass is 16.3. The minimum atomic E-state index is 0.143. The van der Waals surface area contributed by atoms with Crippen LogP contribution < -0.4 is 5.32 Å². The Morgan fingerprint density at radius 3 is 2.67 bits per heavy atom. The molecule has 0 bridgehead atoms. The molecular weight excluding hydrogens is 258 g/mol. The Hall–Kier alpha value is -2.22. The van der Waals surface area contributed by atoms with Crippen LogP contribution in [0.2, 0.25) is 0 Å². The summed E-state index contributed by atoms with van der Waals surface area (Å²) in [5.41, 5.74) is 4.66. The number of rotatable bonds is 4. The van der Waals surface area contributed by atoms with E-state index in [1.165, 1.54) is 16.5 Å². The van der Waals surface area contributed by atoms with E-state index in [1.54, 1.807) is 0 Å². The molecule has 21 heavy (non-hydrogen) atoms. The average Bonchev–Trinajstić information content (AvgIpc) is 2.85. The van der Waals surface area contributed by atoms with Gasteiger partial charge in [0.15, 0.2) is 0 Å². The molecule has 1 aromatic heterocycles. The number of benzene rings is 2. The highest BCUT2D eigenvalue weighted by molar-refractivity contribution is 5.82. The SMILES string of the molecule is CCc1cccc(NC(C)c2oc3ccccc3c2C)c1. The largest absolute Gasteiger partial charge is 0.459 e. The molecule has 108 valence electrons. The predicted molar refractivity (Wildman–Crippen MR) is 88.8 cm³/mol. The summed E-state index contributed by atoms with van der Waals surface area (Å²) in [6.07, 6.45) is 1.05. The molecule has 2 nitrogen and oxygen atoms in total. The van der Waals surface area contributed by atoms with Crippen LogP contribution in [0.15, 0.2) is 52.9 Å². The monoisotopic (exact) mass is 279 g/mol. The maximum absolute atomic E-state index is 6.03. The third kappa shape index (κ3) is 2.66. The zero-order valence-corrected chi connectivity index (χ0v) is 12.8. The average molecular weight is 279 g/mol. The molecule has 3 aromatic rings. The van der Waals surface area contributed by atoms with Crippen molar-refractivity contribution in [2.24, 2.45) is 0 Å². The zero-order valence-electron chi connectivity index (χ0n) is 12.8. The standard InChI is InChI=1S/C19H21NO/c1-4-15-8-7-9-16(12-15)20-14(3)19-13(2)17-10-5-6-11-18(17)21-19/h5-12,14,20H,4H2,1-3H3. The molecule has 0 amide bonds. The quantitative estimate of drug-likeness (QED) is 0.684. The molecule has 3 rings (SSSR count). The lowest BCUT2D eigenvalue weighted by Gasteiger charge is -2.14. The Morgan fingerprint density at radius 2 is 1.90 bits per heavy atom. The molecule has 2 heteroatoms. The van der Waals surface area contributed by atoms with Crippen LogP contribution in [-0.4, -0.2) is 0 Å². The van der Waals surface area contributed by atoms with Crippen molar-refractivity contribution in [2.75, 3.05) is 5.32 Å². The molecule has 0 aliphatic carbocycles. The highest BCUT2D eigenvalue weighted by Crippen LogP contribution is 2.31. The van der Waals surface area contributed by atoms with E-state index in [0.717, 1.165) is 23.5 Å². The maximum atomic E-state index is 6.03. The third-order valence-electron chi connectivity index (χ3n) is 3.99. The van der Waals surface area contributed by atoms with Gasteiger partial charge in [0, 0.05) is 16.6 Å². The minimum absolute atomic E-state index is 0.143. The first kappa shape index (κ1) is 13.7. The topological polar surface area (TPSA) is 25.2 Å². The lowest BCUT2D eigenvalue weighted by Crippen LogP contribution is -2.07. The Labute approximate surface area is 125 Å². The summed E-state index contributed by atoms with van der Waals surface area (Å²) in [6.45, 7) is 6.44. The van der Waals surface area contributed by atoms with Gasteiger partial charge in [-0.2, -0.15) is 0 Å². The number of fused-ring (bicyclic) bond motifs is 1. The van der Waals surface area contributed by atoms with Crippen LogP contribution in [0.3, 0.4) is 0 Å². The van der Waals surface area contributed by atoms with E-state index >= 15 is 0 Å². The summed E-state index contributed by atoms with van der Waals surface area (Å²) in [6, 6.07) is 16.9. The summed E-state index contributed by atoms with van der Waals surface area (Å²) < 4.78 is 6.03. The molecule has 1 atom stereocenters. The fourth-order valence-electron chi connectivity index (χ4n) is 2.80. The Morgan fingerprint density at radius 1 is 1.10 bits per heavy atom. The van der Waals surface area contributed by atoms with Crippen LogP contribution in [0, 0.1) is 6.92 Å². The molecule has 0 saturated heterocycles. The van der Waals surface area contributed by atoms with Crippen molar-refractivity contribution in [3.8, 4) is 0 Å². The summed E-state index contributed by atoms with van der Waals surface area (Å²) in [7, 11) is 0. The third-order valence-corrected chi connectivity index (χ3v) is 3.99. The zero-order chi connectivity index (χ0) is 14.8. The van der Waals surface area contributed by atoms with Gasteiger partial charge in [-0.15, -0.1) is 0 Å². The molecule has 0 radical (unpaired) electrons. The van der Waals surface area contributed by atoms with E-state index in [2.05, 4.69) is 62.5 Å². The van der Waals surface area contributed by atoms with Crippen LogP contribution in [0.4, 0.5) is 5.69 Å². The van der Waals surface area contributed by atoms with E-state index in [1.807, 2.05) is 12.1 Å². The van der Waals surface area contributed by atoms with E-state index in [4.69, 9.17) is 4.42 Å². The molecule has 0 spiro atoms. The van der Waals surface area contributed by atoms with Gasteiger partial charge >= 0.3 is 0 Å². The van der Waals surface area contributed by atoms with Gasteiger partial charge in [-0.05, 0) is 44.0 Å². The van der Waals surface area contributed by atoms with Crippen molar-refractivity contribution in [1.29, 1.82) is 0 Å². The first-order valence-electron chi connectivity index (χ1n) is 7.52. The van der Waals surface area contributed by atoms with Gasteiger partial charge in [0.1, 0.15) is 11.3 Å². The Bertz CT molecular complexity index is 757. The molecule has 2 aromatic carbocycles. The summed E-state index contributed by atoms with van der Waals surface area (Å²) in [4.78, 5) is 0. The predicted octanol–water partition coefficient (Wildman–Crippen LogP) is 5.48. The van der Waals surface area contributed by atoms with Gasteiger partial charge in [0.05, 0.1) is 6.04 Å². The molecule has 0 aliphatic rings. The normalized spacial score (nSPS) is 12.5. The van der Waals surface area contributed by atoms with Gasteiger partial charge in [-0.1, -0.05) is 37.3 Å². The number of hydrogen-bond acceptors (Lipinski definition) is 2. The summed E-state index contributed by atoms with van der Waals surface area (Å²) in [5.74, 6) is 1.01. The maximum Gasteiger partial charge on any atom is 0.134 e. The fraction of sp³-hybridized carbons (Fsp3) is 0.263. The van der Waals surface area contributed by atoms with E-state index in [0.29, 0.717) is 0 Å². The molecule has 0 aliphatic heterocycles. The second-order valence-corrected chi connectivity index (χ2v) is 5.51. The first-order valence-corrected chi connectivity index (χ1v) is 7.52. The van der Waals surface area contributed by atoms with Gasteiger partial charge in [0.25, 0.3) is 0 Å². The lowest BCUT2D eigenvalue weighted by atomic mass is 10.1. The number of nitrogens with one attached hydrogen (secondary N) is 1. The van der Waals surface area contributed by atoms with Gasteiger partial charge < -0.3 is 9.73 Å². The smallest absolute Gasteiger partial charge is 0.134 e. The molecule has 1 unspecified atom stereocenters. The van der Waals surface area contributed by atoms with Crippen molar-refractivity contribution >= 4 is 16.7 Å². The van der Waals surface area contributed by atoms with Crippen molar-refractivity contribution < 1.29 is 4.42 Å². The van der Waals surface area contributed by atoms with Crippen molar-refractivity contribution in [3.05, 3.63) is 65.4 Å². The van der Waals surface area contributed by atoms with Crippen LogP contribution >= 0.6 is 0 Å². The van der Waals surface area contributed by atoms with E-state index < -0.39 is 0 Å². The highest BCUT2D eigenvalue weighted by Gasteiger charge is 2.16. The fourth-order valence-corrected chi connectivity index (χ4v) is 2.80. The number of hydrogen-bond donors (Lipinski definition) is 1. The molecule has 1 N–H and O–H groups in total. The summed E-state index contributed by atoms with van der Waals surface area (Å²) >= 11 is 0. The van der Waals surface area contributed by atoms with Gasteiger partial charge in [-0.25, -0.2) is 0 Å². The lowest BCUT2D eigenvalue weighted by molar-refractivity contribution is 0.522. The van der Waals surface area contributed by atoms with E-state index in [-0.39, 0.29) is 6.04 Å².